The third kappa shape index (κ3) is 3.71. The van der Waals surface area contributed by atoms with Crippen LogP contribution in [0.4, 0.5) is 0 Å². The topological polar surface area (TPSA) is 92.9 Å². The van der Waals surface area contributed by atoms with Crippen molar-refractivity contribution < 1.29 is 23.8 Å². The predicted molar refractivity (Wildman–Crippen MR) is 80.0 cm³/mol. The van der Waals surface area contributed by atoms with Crippen LogP contribution in [-0.4, -0.2) is 53.7 Å². The van der Waals surface area contributed by atoms with Crippen molar-refractivity contribution in [1.82, 2.24) is 9.88 Å². The molecule has 0 radical (unpaired) electrons. The average molecular weight is 324 g/mol. The minimum absolute atomic E-state index is 0.189. The largest absolute Gasteiger partial charge is 0.480 e. The fourth-order valence-corrected chi connectivity index (χ4v) is 2.74. The van der Waals surface area contributed by atoms with Crippen molar-refractivity contribution in [1.29, 1.82) is 0 Å². The molecule has 0 saturated carbocycles. The molecule has 0 bridgehead atoms. The molecular formula is C14H16N2O5S. The van der Waals surface area contributed by atoms with E-state index >= 15 is 0 Å². The van der Waals surface area contributed by atoms with Crippen molar-refractivity contribution in [3.8, 4) is 10.8 Å². The van der Waals surface area contributed by atoms with Crippen LogP contribution >= 0.6 is 11.3 Å². The molecule has 0 aliphatic rings. The van der Waals surface area contributed by atoms with E-state index in [4.69, 9.17) is 14.3 Å². The Hall–Kier alpha value is -2.19. The van der Waals surface area contributed by atoms with Gasteiger partial charge in [-0.05, 0) is 19.1 Å². The van der Waals surface area contributed by atoms with Gasteiger partial charge in [-0.1, -0.05) is 0 Å². The van der Waals surface area contributed by atoms with Crippen LogP contribution in [0.5, 0.6) is 0 Å². The fourth-order valence-electron chi connectivity index (χ4n) is 1.87. The van der Waals surface area contributed by atoms with E-state index in [1.165, 1.54) is 29.6 Å². The van der Waals surface area contributed by atoms with Gasteiger partial charge in [-0.3, -0.25) is 9.59 Å². The summed E-state index contributed by atoms with van der Waals surface area (Å²) in [6, 6.07) is 3.50. The number of aromatic nitrogens is 1. The Labute approximate surface area is 131 Å². The molecule has 8 heteroatoms. The van der Waals surface area contributed by atoms with Gasteiger partial charge in [0.05, 0.1) is 12.9 Å². The third-order valence-corrected chi connectivity index (χ3v) is 3.90. The van der Waals surface area contributed by atoms with Crippen LogP contribution in [0.15, 0.2) is 22.8 Å². The molecule has 0 aliphatic heterocycles. The first-order chi connectivity index (χ1) is 10.5. The van der Waals surface area contributed by atoms with E-state index < -0.39 is 18.4 Å². The average Bonchev–Trinajstić information content (AvgIpc) is 3.11. The summed E-state index contributed by atoms with van der Waals surface area (Å²) in [5.74, 6) is -0.927. The summed E-state index contributed by atoms with van der Waals surface area (Å²) in [7, 11) is 1.49. The first-order valence-electron chi connectivity index (χ1n) is 6.54. The van der Waals surface area contributed by atoms with Crippen LogP contribution in [0.2, 0.25) is 0 Å². The first kappa shape index (κ1) is 16.2. The Kier molecular flexibility index (Phi) is 5.29. The first-order valence-corrected chi connectivity index (χ1v) is 7.36. The SMILES string of the molecule is COCCN(CC(=O)O)C(=O)c1nc(-c2ccco2)sc1C. The van der Waals surface area contributed by atoms with Crippen molar-refractivity contribution in [2.45, 2.75) is 6.92 Å². The summed E-state index contributed by atoms with van der Waals surface area (Å²) >= 11 is 1.33. The second-order valence-electron chi connectivity index (χ2n) is 4.51. The van der Waals surface area contributed by atoms with Crippen LogP contribution in [0.1, 0.15) is 15.4 Å². The van der Waals surface area contributed by atoms with Gasteiger partial charge in [-0.25, -0.2) is 4.98 Å². The number of hydrogen-bond donors (Lipinski definition) is 1. The molecule has 118 valence electrons. The Bertz CT molecular complexity index is 650. The zero-order valence-corrected chi connectivity index (χ0v) is 13.1. The molecule has 0 fully saturated rings. The lowest BCUT2D eigenvalue weighted by Crippen LogP contribution is -2.38. The molecule has 2 aromatic heterocycles. The van der Waals surface area contributed by atoms with Crippen LogP contribution in [0.25, 0.3) is 10.8 Å². The molecular weight excluding hydrogens is 308 g/mol. The third-order valence-electron chi connectivity index (χ3n) is 2.91. The fraction of sp³-hybridized carbons (Fsp3) is 0.357. The summed E-state index contributed by atoms with van der Waals surface area (Å²) in [6.45, 7) is 1.82. The number of amides is 1. The van der Waals surface area contributed by atoms with E-state index in [0.717, 1.165) is 0 Å². The maximum atomic E-state index is 12.5. The quantitative estimate of drug-likeness (QED) is 0.836. The lowest BCUT2D eigenvalue weighted by atomic mass is 10.3. The lowest BCUT2D eigenvalue weighted by molar-refractivity contribution is -0.137. The number of carboxylic acid groups (broad SMARTS) is 1. The molecule has 0 unspecified atom stereocenters. The summed E-state index contributed by atoms with van der Waals surface area (Å²) < 4.78 is 10.2. The van der Waals surface area contributed by atoms with Gasteiger partial charge in [0.2, 0.25) is 0 Å². The molecule has 2 aromatic rings. The van der Waals surface area contributed by atoms with Gasteiger partial charge >= 0.3 is 5.97 Å². The van der Waals surface area contributed by atoms with E-state index in [9.17, 15) is 9.59 Å². The number of carboxylic acids is 1. The highest BCUT2D eigenvalue weighted by Gasteiger charge is 2.24. The Morgan fingerprint density at radius 3 is 2.86 bits per heavy atom. The molecule has 0 atom stereocenters. The number of aliphatic carboxylic acids is 1. The Morgan fingerprint density at radius 1 is 1.50 bits per heavy atom. The number of rotatable bonds is 7. The smallest absolute Gasteiger partial charge is 0.323 e. The van der Waals surface area contributed by atoms with Gasteiger partial charge in [-0.2, -0.15) is 0 Å². The number of ether oxygens (including phenoxy) is 1. The second kappa shape index (κ2) is 7.19. The van der Waals surface area contributed by atoms with Crippen molar-refractivity contribution >= 4 is 23.2 Å². The molecule has 1 N–H and O–H groups in total. The monoisotopic (exact) mass is 324 g/mol. The van der Waals surface area contributed by atoms with Crippen molar-refractivity contribution in [2.24, 2.45) is 0 Å². The summed E-state index contributed by atoms with van der Waals surface area (Å²) in [4.78, 5) is 29.6. The van der Waals surface area contributed by atoms with E-state index in [1.54, 1.807) is 19.1 Å². The van der Waals surface area contributed by atoms with Crippen molar-refractivity contribution in [3.05, 3.63) is 29.0 Å². The molecule has 22 heavy (non-hydrogen) atoms. The lowest BCUT2D eigenvalue weighted by Gasteiger charge is -2.19. The van der Waals surface area contributed by atoms with Gasteiger partial charge in [0, 0.05) is 18.5 Å². The van der Waals surface area contributed by atoms with Gasteiger partial charge in [0.1, 0.15) is 12.2 Å². The van der Waals surface area contributed by atoms with Crippen LogP contribution < -0.4 is 0 Å². The molecule has 0 spiro atoms. The number of furan rings is 1. The number of carbonyl (C=O) groups excluding carboxylic acids is 1. The summed E-state index contributed by atoms with van der Waals surface area (Å²) in [6.07, 6.45) is 1.53. The molecule has 0 saturated heterocycles. The standard InChI is InChI=1S/C14H16N2O5S/c1-9-12(15-13(22-9)10-4-3-6-21-10)14(19)16(5-7-20-2)8-11(17)18/h3-4,6H,5,7-8H2,1-2H3,(H,17,18). The number of hydrogen-bond acceptors (Lipinski definition) is 6. The number of thiazole rings is 1. The highest BCUT2D eigenvalue weighted by molar-refractivity contribution is 7.15. The van der Waals surface area contributed by atoms with E-state index in [1.807, 2.05) is 0 Å². The Balaban J connectivity index is 2.24. The normalized spacial score (nSPS) is 10.6. The van der Waals surface area contributed by atoms with Gasteiger partial charge in [0.15, 0.2) is 10.8 Å². The van der Waals surface area contributed by atoms with E-state index in [2.05, 4.69) is 4.98 Å². The minimum atomic E-state index is -1.08. The maximum Gasteiger partial charge on any atom is 0.323 e. The highest BCUT2D eigenvalue weighted by atomic mass is 32.1. The van der Waals surface area contributed by atoms with Gasteiger partial charge in [-0.15, -0.1) is 11.3 Å². The van der Waals surface area contributed by atoms with Crippen LogP contribution in [0.3, 0.4) is 0 Å². The van der Waals surface area contributed by atoms with E-state index in [-0.39, 0.29) is 18.8 Å². The number of carbonyl (C=O) groups is 2. The number of aryl methyl sites for hydroxylation is 1. The molecule has 2 heterocycles. The minimum Gasteiger partial charge on any atom is -0.480 e. The summed E-state index contributed by atoms with van der Waals surface area (Å²) in [5, 5.41) is 9.53. The second-order valence-corrected chi connectivity index (χ2v) is 5.72. The van der Waals surface area contributed by atoms with Crippen LogP contribution in [-0.2, 0) is 9.53 Å². The molecule has 0 aromatic carbocycles. The van der Waals surface area contributed by atoms with Crippen molar-refractivity contribution in [2.75, 3.05) is 26.8 Å². The molecule has 1 amide bonds. The maximum absolute atomic E-state index is 12.5. The predicted octanol–water partition coefficient (Wildman–Crippen LogP) is 1.88. The van der Waals surface area contributed by atoms with Crippen LogP contribution in [0, 0.1) is 6.92 Å². The highest BCUT2D eigenvalue weighted by Crippen LogP contribution is 2.28. The van der Waals surface area contributed by atoms with Gasteiger partial charge in [0.25, 0.3) is 5.91 Å². The zero-order chi connectivity index (χ0) is 16.1. The van der Waals surface area contributed by atoms with Gasteiger partial charge < -0.3 is 19.2 Å². The zero-order valence-electron chi connectivity index (χ0n) is 12.2. The van der Waals surface area contributed by atoms with Crippen molar-refractivity contribution in [3.63, 3.8) is 0 Å². The van der Waals surface area contributed by atoms with E-state index in [0.29, 0.717) is 15.6 Å². The Morgan fingerprint density at radius 2 is 2.27 bits per heavy atom. The number of methoxy groups -OCH3 is 1. The number of nitrogens with zero attached hydrogens (tertiary/aromatic N) is 2. The molecule has 0 aliphatic carbocycles. The molecule has 7 nitrogen and oxygen atoms in total. The summed E-state index contributed by atoms with van der Waals surface area (Å²) in [5.41, 5.74) is 0.244. The molecule has 2 rings (SSSR count).